The molecule has 2 amide bonds. The summed E-state index contributed by atoms with van der Waals surface area (Å²) in [6, 6.07) is 4.31. The van der Waals surface area contributed by atoms with Gasteiger partial charge in [-0.25, -0.2) is 0 Å². The van der Waals surface area contributed by atoms with Crippen molar-refractivity contribution in [2.24, 2.45) is 23.7 Å². The van der Waals surface area contributed by atoms with Gasteiger partial charge in [0.1, 0.15) is 17.6 Å². The van der Waals surface area contributed by atoms with Crippen molar-refractivity contribution in [1.82, 2.24) is 4.90 Å². The minimum absolute atomic E-state index is 0.103. The highest BCUT2D eigenvalue weighted by atomic mass is 16.6. The maximum atomic E-state index is 14.9. The van der Waals surface area contributed by atoms with Crippen LogP contribution in [0.2, 0.25) is 0 Å². The third-order valence-electron chi connectivity index (χ3n) is 9.62. The van der Waals surface area contributed by atoms with E-state index in [1.807, 2.05) is 59.7 Å². The normalized spacial score (nSPS) is 30.4. The van der Waals surface area contributed by atoms with Crippen LogP contribution in [-0.4, -0.2) is 70.8 Å². The molecule has 1 N–H and O–H groups in total. The summed E-state index contributed by atoms with van der Waals surface area (Å²) in [6.07, 6.45) is 5.75. The topological polar surface area (TPSA) is 96.4 Å². The first-order chi connectivity index (χ1) is 19.9. The lowest BCUT2D eigenvalue weighted by molar-refractivity contribution is -0.162. The van der Waals surface area contributed by atoms with Crippen LogP contribution in [0.5, 0.6) is 0 Å². The fourth-order valence-electron chi connectivity index (χ4n) is 7.61. The molecule has 42 heavy (non-hydrogen) atoms. The molecule has 230 valence electrons. The first-order valence-corrected chi connectivity index (χ1v) is 15.3. The zero-order valence-corrected chi connectivity index (χ0v) is 26.1. The van der Waals surface area contributed by atoms with E-state index >= 15 is 0 Å². The number of rotatable bonds is 13. The molecule has 2 bridgehead atoms. The largest absolute Gasteiger partial charge is 0.465 e. The van der Waals surface area contributed by atoms with Gasteiger partial charge in [-0.1, -0.05) is 45.1 Å². The van der Waals surface area contributed by atoms with Gasteiger partial charge in [-0.05, 0) is 75.5 Å². The molecular formula is C34H48N2O6. The Labute approximate surface area is 250 Å². The van der Waals surface area contributed by atoms with E-state index in [-0.39, 0.29) is 43.4 Å². The second kappa shape index (κ2) is 12.3. The number of aliphatic hydroxyl groups is 1. The number of aliphatic hydroxyl groups excluding tert-OH is 1. The fourth-order valence-corrected chi connectivity index (χ4v) is 7.61. The summed E-state index contributed by atoms with van der Waals surface area (Å²) < 4.78 is 12.6. The summed E-state index contributed by atoms with van der Waals surface area (Å²) in [5, 5.41) is 10.6. The quantitative estimate of drug-likeness (QED) is 0.206. The predicted octanol–water partition coefficient (Wildman–Crippen LogP) is 4.75. The average Bonchev–Trinajstić information content (AvgIpc) is 3.45. The van der Waals surface area contributed by atoms with Crippen LogP contribution in [0.25, 0.3) is 0 Å². The minimum atomic E-state index is -1.23. The van der Waals surface area contributed by atoms with Crippen molar-refractivity contribution in [3.63, 3.8) is 0 Å². The van der Waals surface area contributed by atoms with Gasteiger partial charge in [0, 0.05) is 12.2 Å². The van der Waals surface area contributed by atoms with Crippen molar-refractivity contribution in [2.45, 2.75) is 90.5 Å². The van der Waals surface area contributed by atoms with Gasteiger partial charge in [0.15, 0.2) is 0 Å². The number of amides is 2. The molecule has 3 saturated heterocycles. The molecule has 1 spiro atoms. The maximum absolute atomic E-state index is 14.9. The third kappa shape index (κ3) is 5.21. The van der Waals surface area contributed by atoms with Crippen molar-refractivity contribution >= 4 is 23.5 Å². The van der Waals surface area contributed by atoms with E-state index in [1.165, 1.54) is 0 Å². The van der Waals surface area contributed by atoms with Crippen LogP contribution in [0.3, 0.4) is 0 Å². The number of benzene rings is 1. The smallest absolute Gasteiger partial charge is 0.312 e. The number of likely N-dealkylation sites (tertiary alicyclic amines) is 1. The number of ether oxygens (including phenoxy) is 2. The molecule has 1 aromatic rings. The second-order valence-corrected chi connectivity index (χ2v) is 13.0. The van der Waals surface area contributed by atoms with Gasteiger partial charge in [0.25, 0.3) is 5.91 Å². The number of carbonyl (C=O) groups excluding carboxylic acids is 3. The molecule has 7 atom stereocenters. The molecule has 0 aliphatic carbocycles. The summed E-state index contributed by atoms with van der Waals surface area (Å²) >= 11 is 0. The first-order valence-electron chi connectivity index (χ1n) is 15.3. The molecule has 3 unspecified atom stereocenters. The lowest BCUT2D eigenvalue weighted by atomic mass is 9.62. The first kappa shape index (κ1) is 32.0. The SMILES string of the molecule is C=CCCCOC(=O)[C@H]1[C@H]2C(=O)N([C@@H](CO)CC(C)C)C(C(=O)N(CC=C)c3cc(C)ccc3C)C23CC(C)[C@]1(C)O3. The van der Waals surface area contributed by atoms with Crippen LogP contribution in [0.15, 0.2) is 43.5 Å². The second-order valence-electron chi connectivity index (χ2n) is 13.0. The monoisotopic (exact) mass is 580 g/mol. The summed E-state index contributed by atoms with van der Waals surface area (Å²) in [5.74, 6) is -2.77. The Balaban J connectivity index is 1.85. The molecule has 3 aliphatic heterocycles. The molecule has 1 aromatic carbocycles. The van der Waals surface area contributed by atoms with E-state index in [1.54, 1.807) is 22.0 Å². The number of esters is 1. The Morgan fingerprint density at radius 3 is 2.60 bits per heavy atom. The van der Waals surface area contributed by atoms with E-state index in [0.29, 0.717) is 25.7 Å². The molecule has 8 heteroatoms. The molecule has 3 fully saturated rings. The zero-order valence-electron chi connectivity index (χ0n) is 26.1. The van der Waals surface area contributed by atoms with Gasteiger partial charge >= 0.3 is 5.97 Å². The van der Waals surface area contributed by atoms with Gasteiger partial charge < -0.3 is 24.4 Å². The number of carbonyl (C=O) groups is 3. The Morgan fingerprint density at radius 1 is 1.26 bits per heavy atom. The highest BCUT2D eigenvalue weighted by Gasteiger charge is 2.80. The van der Waals surface area contributed by atoms with Gasteiger partial charge in [-0.2, -0.15) is 0 Å². The standard InChI is InChI=1S/C34H48N2O6/c1-9-11-12-16-41-32(40)28-27-30(38)36(25(20-37)17-21(3)4)29(34(27)19-24(7)33(28,8)42-34)31(39)35(15-10-2)26-18-22(5)13-14-23(26)6/h9-10,13-14,18,21,24-25,27-29,37H,1-2,11-12,15-17,19-20H2,3-8H3/t24?,25-,27+,28-,29?,33+,34?/m1/s1. The summed E-state index contributed by atoms with van der Waals surface area (Å²) in [4.78, 5) is 46.4. The van der Waals surface area contributed by atoms with E-state index in [4.69, 9.17) is 9.47 Å². The Bertz CT molecular complexity index is 1230. The van der Waals surface area contributed by atoms with Crippen molar-refractivity contribution in [1.29, 1.82) is 0 Å². The molecular weight excluding hydrogens is 532 g/mol. The van der Waals surface area contributed by atoms with E-state index < -0.39 is 41.1 Å². The number of nitrogens with zero attached hydrogens (tertiary/aromatic N) is 2. The van der Waals surface area contributed by atoms with Crippen LogP contribution < -0.4 is 4.90 Å². The molecule has 4 rings (SSSR count). The lowest BCUT2D eigenvalue weighted by Gasteiger charge is -2.40. The van der Waals surface area contributed by atoms with Crippen molar-refractivity contribution < 1.29 is 29.0 Å². The molecule has 3 heterocycles. The van der Waals surface area contributed by atoms with Crippen molar-refractivity contribution in [2.75, 3.05) is 24.7 Å². The third-order valence-corrected chi connectivity index (χ3v) is 9.62. The minimum Gasteiger partial charge on any atom is -0.465 e. The molecule has 0 radical (unpaired) electrons. The van der Waals surface area contributed by atoms with Gasteiger partial charge in [0.05, 0.1) is 30.8 Å². The van der Waals surface area contributed by atoms with Gasteiger partial charge in [0.2, 0.25) is 5.91 Å². The number of allylic oxidation sites excluding steroid dienone is 1. The summed E-state index contributed by atoms with van der Waals surface area (Å²) in [6.45, 7) is 19.6. The number of fused-ring (bicyclic) bond motifs is 1. The van der Waals surface area contributed by atoms with E-state index in [2.05, 4.69) is 13.2 Å². The van der Waals surface area contributed by atoms with Crippen LogP contribution in [-0.2, 0) is 23.9 Å². The number of hydrogen-bond acceptors (Lipinski definition) is 6. The molecule has 8 nitrogen and oxygen atoms in total. The van der Waals surface area contributed by atoms with Crippen molar-refractivity contribution in [3.8, 4) is 0 Å². The van der Waals surface area contributed by atoms with Gasteiger partial charge in [-0.15, -0.1) is 13.2 Å². The number of hydrogen-bond donors (Lipinski definition) is 1. The highest BCUT2D eigenvalue weighted by molar-refractivity contribution is 6.05. The Hall–Kier alpha value is -2.97. The fraction of sp³-hybridized carbons (Fsp3) is 0.618. The molecule has 3 aliphatic rings. The van der Waals surface area contributed by atoms with Gasteiger partial charge in [-0.3, -0.25) is 14.4 Å². The van der Waals surface area contributed by atoms with Crippen LogP contribution in [0, 0.1) is 37.5 Å². The van der Waals surface area contributed by atoms with Crippen LogP contribution >= 0.6 is 0 Å². The average molecular weight is 581 g/mol. The predicted molar refractivity (Wildman–Crippen MR) is 163 cm³/mol. The van der Waals surface area contributed by atoms with Crippen molar-refractivity contribution in [3.05, 3.63) is 54.6 Å². The van der Waals surface area contributed by atoms with E-state index in [9.17, 15) is 19.5 Å². The maximum Gasteiger partial charge on any atom is 0.312 e. The van der Waals surface area contributed by atoms with Crippen LogP contribution in [0.4, 0.5) is 5.69 Å². The Morgan fingerprint density at radius 2 is 1.98 bits per heavy atom. The lowest BCUT2D eigenvalue weighted by Crippen LogP contribution is -2.59. The number of aryl methyl sites for hydroxylation is 2. The zero-order chi connectivity index (χ0) is 31.0. The molecule has 0 aromatic heterocycles. The van der Waals surface area contributed by atoms with Crippen LogP contribution in [0.1, 0.15) is 64.5 Å². The summed E-state index contributed by atoms with van der Waals surface area (Å²) in [5.41, 5.74) is 0.463. The number of unbranched alkanes of at least 4 members (excludes halogenated alkanes) is 1. The highest BCUT2D eigenvalue weighted by Crippen LogP contribution is 2.66. The Kier molecular flexibility index (Phi) is 9.38. The summed E-state index contributed by atoms with van der Waals surface area (Å²) in [7, 11) is 0. The van der Waals surface area contributed by atoms with E-state index in [0.717, 1.165) is 16.8 Å². The molecule has 0 saturated carbocycles. The number of anilines is 1.